The molecule has 1 fully saturated rings. The van der Waals surface area contributed by atoms with Crippen LogP contribution in [0.3, 0.4) is 0 Å². The van der Waals surface area contributed by atoms with Crippen LogP contribution in [-0.2, 0) is 15.7 Å². The first-order valence-corrected chi connectivity index (χ1v) is 7.50. The number of nitrogens with one attached hydrogen (secondary N) is 1. The summed E-state index contributed by atoms with van der Waals surface area (Å²) in [5.74, 6) is -0.349. The SMILES string of the molecule is Cc1cc(C(F)(F)F)nn1C(C)C(=O)NCCN1CCOCC1. The highest BCUT2D eigenvalue weighted by molar-refractivity contribution is 5.79. The number of hydrogen-bond donors (Lipinski definition) is 1. The lowest BCUT2D eigenvalue weighted by atomic mass is 10.3. The molecule has 1 aliphatic rings. The summed E-state index contributed by atoms with van der Waals surface area (Å²) in [5, 5.41) is 6.24. The van der Waals surface area contributed by atoms with Gasteiger partial charge in [0.1, 0.15) is 6.04 Å². The molecule has 1 atom stereocenters. The normalized spacial score (nSPS) is 18.0. The number of aryl methyl sites for hydroxylation is 1. The maximum Gasteiger partial charge on any atom is 0.435 e. The summed E-state index contributed by atoms with van der Waals surface area (Å²) in [7, 11) is 0. The largest absolute Gasteiger partial charge is 0.435 e. The number of carbonyl (C=O) groups is 1. The summed E-state index contributed by atoms with van der Waals surface area (Å²) in [4.78, 5) is 14.3. The van der Waals surface area contributed by atoms with Gasteiger partial charge in [0.05, 0.1) is 13.2 Å². The van der Waals surface area contributed by atoms with Crippen LogP contribution in [0.15, 0.2) is 6.07 Å². The van der Waals surface area contributed by atoms with Crippen LogP contribution in [0.25, 0.3) is 0 Å². The molecular formula is C14H21F3N4O2. The topological polar surface area (TPSA) is 59.4 Å². The molecule has 0 saturated carbocycles. The van der Waals surface area contributed by atoms with Crippen LogP contribution in [0.5, 0.6) is 0 Å². The molecule has 0 bridgehead atoms. The van der Waals surface area contributed by atoms with Crippen LogP contribution in [0.2, 0.25) is 0 Å². The maximum atomic E-state index is 12.7. The Kier molecular flexibility index (Phi) is 5.64. The summed E-state index contributed by atoms with van der Waals surface area (Å²) in [6.07, 6.45) is -4.51. The number of aromatic nitrogens is 2. The Balaban J connectivity index is 1.88. The van der Waals surface area contributed by atoms with Gasteiger partial charge >= 0.3 is 6.18 Å². The lowest BCUT2D eigenvalue weighted by Gasteiger charge is -2.26. The van der Waals surface area contributed by atoms with Crippen molar-refractivity contribution in [2.45, 2.75) is 26.1 Å². The van der Waals surface area contributed by atoms with Crippen molar-refractivity contribution in [3.63, 3.8) is 0 Å². The molecule has 1 aliphatic heterocycles. The van der Waals surface area contributed by atoms with Crippen LogP contribution in [-0.4, -0.2) is 60.0 Å². The summed E-state index contributed by atoms with van der Waals surface area (Å²) in [6.45, 7) is 7.15. The average Bonchev–Trinajstić information content (AvgIpc) is 2.89. The van der Waals surface area contributed by atoms with E-state index in [1.165, 1.54) is 13.8 Å². The fourth-order valence-corrected chi connectivity index (χ4v) is 2.44. The molecule has 0 radical (unpaired) electrons. The highest BCUT2D eigenvalue weighted by Crippen LogP contribution is 2.29. The average molecular weight is 334 g/mol. The molecule has 1 N–H and O–H groups in total. The van der Waals surface area contributed by atoms with E-state index in [1.54, 1.807) is 0 Å². The third kappa shape index (κ3) is 4.68. The fraction of sp³-hybridized carbons (Fsp3) is 0.714. The number of morpholine rings is 1. The lowest BCUT2D eigenvalue weighted by molar-refractivity contribution is -0.142. The number of rotatable bonds is 5. The van der Waals surface area contributed by atoms with E-state index >= 15 is 0 Å². The van der Waals surface area contributed by atoms with Crippen LogP contribution < -0.4 is 5.32 Å². The van der Waals surface area contributed by atoms with E-state index in [2.05, 4.69) is 15.3 Å². The molecule has 0 spiro atoms. The Morgan fingerprint density at radius 2 is 2.09 bits per heavy atom. The van der Waals surface area contributed by atoms with Crippen molar-refractivity contribution in [2.24, 2.45) is 0 Å². The Morgan fingerprint density at radius 3 is 2.65 bits per heavy atom. The van der Waals surface area contributed by atoms with Gasteiger partial charge in [-0.15, -0.1) is 0 Å². The van der Waals surface area contributed by atoms with Gasteiger partial charge in [-0.1, -0.05) is 0 Å². The first-order valence-electron chi connectivity index (χ1n) is 7.50. The smallest absolute Gasteiger partial charge is 0.379 e. The van der Waals surface area contributed by atoms with Gasteiger partial charge in [-0.25, -0.2) is 0 Å². The number of nitrogens with zero attached hydrogens (tertiary/aromatic N) is 3. The molecule has 0 aliphatic carbocycles. The molecule has 9 heteroatoms. The zero-order valence-electron chi connectivity index (χ0n) is 13.2. The number of carbonyl (C=O) groups excluding carboxylic acids is 1. The molecule has 6 nitrogen and oxygen atoms in total. The number of halogens is 3. The van der Waals surface area contributed by atoms with Gasteiger partial charge in [-0.05, 0) is 19.9 Å². The Bertz CT molecular complexity index is 539. The summed E-state index contributed by atoms with van der Waals surface area (Å²) < 4.78 is 44.3. The van der Waals surface area contributed by atoms with Gasteiger partial charge in [-0.2, -0.15) is 18.3 Å². The van der Waals surface area contributed by atoms with Gasteiger partial charge in [0, 0.05) is 31.9 Å². The van der Waals surface area contributed by atoms with Crippen molar-refractivity contribution in [2.75, 3.05) is 39.4 Å². The zero-order valence-corrected chi connectivity index (χ0v) is 13.2. The number of ether oxygens (including phenoxy) is 1. The van der Waals surface area contributed by atoms with E-state index in [0.717, 1.165) is 23.8 Å². The van der Waals surface area contributed by atoms with Crippen molar-refractivity contribution >= 4 is 5.91 Å². The Hall–Kier alpha value is -1.61. The van der Waals surface area contributed by atoms with Crippen molar-refractivity contribution < 1.29 is 22.7 Å². The highest BCUT2D eigenvalue weighted by Gasteiger charge is 2.35. The minimum atomic E-state index is -4.51. The first kappa shape index (κ1) is 17.7. The third-order valence-electron chi connectivity index (χ3n) is 3.79. The molecule has 130 valence electrons. The number of hydrogen-bond acceptors (Lipinski definition) is 4. The Labute approximate surface area is 132 Å². The minimum absolute atomic E-state index is 0.299. The maximum absolute atomic E-state index is 12.7. The standard InChI is InChI=1S/C14H21F3N4O2/c1-10-9-12(14(15,16)17)19-21(10)11(2)13(22)18-3-4-20-5-7-23-8-6-20/h9,11H,3-8H2,1-2H3,(H,18,22). The molecule has 1 aromatic heterocycles. The zero-order chi connectivity index (χ0) is 17.0. The second kappa shape index (κ2) is 7.31. The van der Waals surface area contributed by atoms with Crippen LogP contribution in [0.4, 0.5) is 13.2 Å². The highest BCUT2D eigenvalue weighted by atomic mass is 19.4. The van der Waals surface area contributed by atoms with Gasteiger partial charge in [0.15, 0.2) is 5.69 Å². The lowest BCUT2D eigenvalue weighted by Crippen LogP contribution is -2.42. The van der Waals surface area contributed by atoms with E-state index in [0.29, 0.717) is 32.0 Å². The quantitative estimate of drug-likeness (QED) is 0.880. The van der Waals surface area contributed by atoms with E-state index < -0.39 is 17.9 Å². The molecule has 1 amide bonds. The molecule has 1 unspecified atom stereocenters. The van der Waals surface area contributed by atoms with E-state index in [9.17, 15) is 18.0 Å². The van der Waals surface area contributed by atoms with Gasteiger partial charge < -0.3 is 10.1 Å². The van der Waals surface area contributed by atoms with Gasteiger partial charge in [-0.3, -0.25) is 14.4 Å². The van der Waals surface area contributed by atoms with Crippen molar-refractivity contribution in [3.05, 3.63) is 17.5 Å². The Morgan fingerprint density at radius 1 is 1.43 bits per heavy atom. The molecule has 2 rings (SSSR count). The molecule has 1 aromatic rings. The summed E-state index contributed by atoms with van der Waals surface area (Å²) in [5.41, 5.74) is -0.684. The predicted molar refractivity (Wildman–Crippen MR) is 76.9 cm³/mol. The van der Waals surface area contributed by atoms with E-state index in [-0.39, 0.29) is 5.91 Å². The molecule has 2 heterocycles. The second-order valence-corrected chi connectivity index (χ2v) is 5.53. The third-order valence-corrected chi connectivity index (χ3v) is 3.79. The van der Waals surface area contributed by atoms with E-state index in [4.69, 9.17) is 4.74 Å². The van der Waals surface area contributed by atoms with Gasteiger partial charge in [0.25, 0.3) is 0 Å². The van der Waals surface area contributed by atoms with Crippen molar-refractivity contribution in [1.29, 1.82) is 0 Å². The summed E-state index contributed by atoms with van der Waals surface area (Å²) in [6, 6.07) is 0.146. The molecular weight excluding hydrogens is 313 g/mol. The second-order valence-electron chi connectivity index (χ2n) is 5.53. The van der Waals surface area contributed by atoms with Gasteiger partial charge in [0.2, 0.25) is 5.91 Å². The monoisotopic (exact) mass is 334 g/mol. The molecule has 23 heavy (non-hydrogen) atoms. The number of amides is 1. The van der Waals surface area contributed by atoms with Crippen LogP contribution in [0, 0.1) is 6.92 Å². The minimum Gasteiger partial charge on any atom is -0.379 e. The fourth-order valence-electron chi connectivity index (χ4n) is 2.44. The van der Waals surface area contributed by atoms with Crippen LogP contribution >= 0.6 is 0 Å². The van der Waals surface area contributed by atoms with Crippen molar-refractivity contribution in [1.82, 2.24) is 20.0 Å². The summed E-state index contributed by atoms with van der Waals surface area (Å²) >= 11 is 0. The number of alkyl halides is 3. The van der Waals surface area contributed by atoms with Crippen LogP contribution in [0.1, 0.15) is 24.4 Å². The molecule has 1 saturated heterocycles. The van der Waals surface area contributed by atoms with E-state index in [1.807, 2.05) is 0 Å². The first-order chi connectivity index (χ1) is 10.8. The predicted octanol–water partition coefficient (Wildman–Crippen LogP) is 1.22. The molecule has 0 aromatic carbocycles. The van der Waals surface area contributed by atoms with Crippen molar-refractivity contribution in [3.8, 4) is 0 Å².